The molecule has 3 N–H and O–H groups in total. The van der Waals surface area contributed by atoms with Gasteiger partial charge in [-0.25, -0.2) is 4.98 Å². The number of nitrogens with one attached hydrogen (secondary N) is 1. The Morgan fingerprint density at radius 2 is 2.27 bits per heavy atom. The smallest absolute Gasteiger partial charge is 0.226 e. The van der Waals surface area contributed by atoms with Crippen LogP contribution in [0.15, 0.2) is 12.3 Å². The third-order valence-corrected chi connectivity index (χ3v) is 2.21. The van der Waals surface area contributed by atoms with Crippen molar-refractivity contribution >= 4 is 5.95 Å². The number of anilines is 1. The van der Waals surface area contributed by atoms with E-state index >= 15 is 0 Å². The lowest BCUT2D eigenvalue weighted by atomic mass is 10.1. The summed E-state index contributed by atoms with van der Waals surface area (Å²) in [6.45, 7) is 4.76. The molecule has 1 aromatic rings. The van der Waals surface area contributed by atoms with Crippen LogP contribution < -0.4 is 15.8 Å². The molecule has 0 aliphatic heterocycles. The third-order valence-electron chi connectivity index (χ3n) is 2.21. The highest BCUT2D eigenvalue weighted by Gasteiger charge is 2.12. The first-order valence-electron chi connectivity index (χ1n) is 5.01. The third kappa shape index (κ3) is 3.36. The number of hydrogen-bond acceptors (Lipinski definition) is 5. The first-order chi connectivity index (χ1) is 7.17. The molecule has 0 bridgehead atoms. The first-order valence-corrected chi connectivity index (χ1v) is 5.01. The van der Waals surface area contributed by atoms with Gasteiger partial charge in [-0.2, -0.15) is 4.98 Å². The van der Waals surface area contributed by atoms with Crippen LogP contribution in [0.4, 0.5) is 5.95 Å². The summed E-state index contributed by atoms with van der Waals surface area (Å²) in [5.41, 5.74) is 5.64. The molecular formula is C10H18N4O. The highest BCUT2D eigenvalue weighted by atomic mass is 16.5. The van der Waals surface area contributed by atoms with Gasteiger partial charge in [0.15, 0.2) is 0 Å². The standard InChI is InChI=1S/C10H18N4O/c1-7(2)8(6-11)13-10-12-5-4-9(14-10)15-3/h4-5,7-8H,6,11H2,1-3H3,(H,12,13,14). The Labute approximate surface area is 90.1 Å². The molecule has 1 aromatic heterocycles. The van der Waals surface area contributed by atoms with Gasteiger partial charge in [0.1, 0.15) is 0 Å². The summed E-state index contributed by atoms with van der Waals surface area (Å²) in [6.07, 6.45) is 1.65. The minimum atomic E-state index is 0.178. The largest absolute Gasteiger partial charge is 0.481 e. The van der Waals surface area contributed by atoms with E-state index in [0.717, 1.165) is 0 Å². The SMILES string of the molecule is COc1ccnc(NC(CN)C(C)C)n1. The Kier molecular flexibility index (Phi) is 4.30. The maximum Gasteiger partial charge on any atom is 0.226 e. The average Bonchev–Trinajstić information content (AvgIpc) is 2.25. The van der Waals surface area contributed by atoms with Crippen molar-refractivity contribution in [3.63, 3.8) is 0 Å². The average molecular weight is 210 g/mol. The van der Waals surface area contributed by atoms with Crippen molar-refractivity contribution in [1.29, 1.82) is 0 Å². The molecule has 0 saturated heterocycles. The Morgan fingerprint density at radius 3 is 2.80 bits per heavy atom. The molecule has 1 atom stereocenters. The molecule has 1 unspecified atom stereocenters. The second-order valence-corrected chi connectivity index (χ2v) is 3.65. The van der Waals surface area contributed by atoms with Gasteiger partial charge in [-0.1, -0.05) is 13.8 Å². The van der Waals surface area contributed by atoms with Crippen molar-refractivity contribution < 1.29 is 4.74 Å². The van der Waals surface area contributed by atoms with Gasteiger partial charge >= 0.3 is 0 Å². The van der Waals surface area contributed by atoms with E-state index in [1.54, 1.807) is 19.4 Å². The summed E-state index contributed by atoms with van der Waals surface area (Å²) in [7, 11) is 1.58. The quantitative estimate of drug-likeness (QED) is 0.754. The summed E-state index contributed by atoms with van der Waals surface area (Å²) < 4.78 is 5.01. The second-order valence-electron chi connectivity index (χ2n) is 3.65. The van der Waals surface area contributed by atoms with Crippen molar-refractivity contribution in [1.82, 2.24) is 9.97 Å². The zero-order chi connectivity index (χ0) is 11.3. The summed E-state index contributed by atoms with van der Waals surface area (Å²) in [5, 5.41) is 3.18. The van der Waals surface area contributed by atoms with Crippen LogP contribution in [-0.2, 0) is 0 Å². The highest BCUT2D eigenvalue weighted by molar-refractivity contribution is 5.29. The van der Waals surface area contributed by atoms with Crippen molar-refractivity contribution in [2.45, 2.75) is 19.9 Å². The molecule has 1 rings (SSSR count). The van der Waals surface area contributed by atoms with Crippen molar-refractivity contribution in [3.05, 3.63) is 12.3 Å². The fourth-order valence-corrected chi connectivity index (χ4v) is 1.19. The molecule has 0 aromatic carbocycles. The van der Waals surface area contributed by atoms with Crippen molar-refractivity contribution in [2.75, 3.05) is 19.0 Å². The fraction of sp³-hybridized carbons (Fsp3) is 0.600. The normalized spacial score (nSPS) is 12.6. The summed E-state index contributed by atoms with van der Waals surface area (Å²) in [4.78, 5) is 8.26. The van der Waals surface area contributed by atoms with Crippen molar-refractivity contribution in [3.8, 4) is 5.88 Å². The van der Waals surface area contributed by atoms with Crippen LogP contribution >= 0.6 is 0 Å². The molecular weight excluding hydrogens is 192 g/mol. The van der Waals surface area contributed by atoms with Crippen LogP contribution in [0, 0.1) is 5.92 Å². The molecule has 15 heavy (non-hydrogen) atoms. The van der Waals surface area contributed by atoms with Gasteiger partial charge in [-0.3, -0.25) is 0 Å². The fourth-order valence-electron chi connectivity index (χ4n) is 1.19. The highest BCUT2D eigenvalue weighted by Crippen LogP contribution is 2.10. The van der Waals surface area contributed by atoms with Crippen LogP contribution in [-0.4, -0.2) is 29.7 Å². The molecule has 0 saturated carbocycles. The maximum absolute atomic E-state index is 5.64. The molecule has 0 amide bonds. The molecule has 0 radical (unpaired) electrons. The van der Waals surface area contributed by atoms with Crippen LogP contribution in [0.3, 0.4) is 0 Å². The summed E-state index contributed by atoms with van der Waals surface area (Å²) in [6, 6.07) is 1.88. The number of rotatable bonds is 5. The molecule has 1 heterocycles. The van der Waals surface area contributed by atoms with E-state index in [-0.39, 0.29) is 6.04 Å². The predicted octanol–water partition coefficient (Wildman–Crippen LogP) is 0.880. The Morgan fingerprint density at radius 1 is 1.53 bits per heavy atom. The minimum absolute atomic E-state index is 0.178. The molecule has 0 aliphatic carbocycles. The second kappa shape index (κ2) is 5.50. The van der Waals surface area contributed by atoms with E-state index in [1.165, 1.54) is 0 Å². The number of methoxy groups -OCH3 is 1. The van der Waals surface area contributed by atoms with Gasteiger partial charge in [0.2, 0.25) is 11.8 Å². The van der Waals surface area contributed by atoms with E-state index in [2.05, 4.69) is 29.1 Å². The predicted molar refractivity (Wildman–Crippen MR) is 59.9 cm³/mol. The van der Waals surface area contributed by atoms with Crippen molar-refractivity contribution in [2.24, 2.45) is 11.7 Å². The van der Waals surface area contributed by atoms with Gasteiger partial charge in [0.25, 0.3) is 0 Å². The van der Waals surface area contributed by atoms with Crippen LogP contribution in [0.5, 0.6) is 5.88 Å². The summed E-state index contributed by atoms with van der Waals surface area (Å²) in [5.74, 6) is 1.54. The van der Waals surface area contributed by atoms with Gasteiger partial charge in [-0.05, 0) is 5.92 Å². The number of aromatic nitrogens is 2. The topological polar surface area (TPSA) is 73.1 Å². The van der Waals surface area contributed by atoms with Gasteiger partial charge in [-0.15, -0.1) is 0 Å². The number of nitrogens with two attached hydrogens (primary N) is 1. The maximum atomic E-state index is 5.64. The zero-order valence-corrected chi connectivity index (χ0v) is 9.40. The molecule has 84 valence electrons. The van der Waals surface area contributed by atoms with E-state index in [1.807, 2.05) is 0 Å². The molecule has 5 heteroatoms. The van der Waals surface area contributed by atoms with E-state index in [0.29, 0.717) is 24.3 Å². The Balaban J connectivity index is 2.70. The first kappa shape index (κ1) is 11.7. The monoisotopic (exact) mass is 210 g/mol. The molecule has 0 fully saturated rings. The van der Waals surface area contributed by atoms with Gasteiger partial charge in [0, 0.05) is 24.8 Å². The van der Waals surface area contributed by atoms with Crippen LogP contribution in [0.1, 0.15) is 13.8 Å². The summed E-state index contributed by atoms with van der Waals surface area (Å²) >= 11 is 0. The Bertz CT molecular complexity index is 303. The van der Waals surface area contributed by atoms with Crippen LogP contribution in [0.2, 0.25) is 0 Å². The van der Waals surface area contributed by atoms with Gasteiger partial charge < -0.3 is 15.8 Å². The van der Waals surface area contributed by atoms with E-state index in [9.17, 15) is 0 Å². The van der Waals surface area contributed by atoms with Crippen LogP contribution in [0.25, 0.3) is 0 Å². The molecule has 5 nitrogen and oxygen atoms in total. The number of nitrogens with zero attached hydrogens (tertiary/aromatic N) is 2. The number of hydrogen-bond donors (Lipinski definition) is 2. The molecule has 0 spiro atoms. The lowest BCUT2D eigenvalue weighted by Crippen LogP contribution is -2.34. The lowest BCUT2D eigenvalue weighted by Gasteiger charge is -2.20. The van der Waals surface area contributed by atoms with Gasteiger partial charge in [0.05, 0.1) is 7.11 Å². The zero-order valence-electron chi connectivity index (χ0n) is 9.40. The molecule has 0 aliphatic rings. The Hall–Kier alpha value is -1.36. The lowest BCUT2D eigenvalue weighted by molar-refractivity contribution is 0.397. The minimum Gasteiger partial charge on any atom is -0.481 e. The van der Waals surface area contributed by atoms with E-state index < -0.39 is 0 Å². The number of ether oxygens (including phenoxy) is 1. The van der Waals surface area contributed by atoms with E-state index in [4.69, 9.17) is 10.5 Å².